The van der Waals surface area contributed by atoms with Gasteiger partial charge in [-0.15, -0.1) is 0 Å². The molecule has 2 aromatic carbocycles. The third-order valence-corrected chi connectivity index (χ3v) is 4.93. The third kappa shape index (κ3) is 2.65. The molecule has 0 aromatic heterocycles. The molecule has 0 saturated carbocycles. The summed E-state index contributed by atoms with van der Waals surface area (Å²) >= 11 is 0. The number of carbonyl (C=O) groups excluding carboxylic acids is 2. The van der Waals surface area contributed by atoms with E-state index in [9.17, 15) is 9.59 Å². The van der Waals surface area contributed by atoms with E-state index in [-0.39, 0.29) is 30.8 Å². The van der Waals surface area contributed by atoms with Crippen molar-refractivity contribution in [3.05, 3.63) is 70.9 Å². The predicted molar refractivity (Wildman–Crippen MR) is 97.0 cm³/mol. The number of aryl methyl sites for hydroxylation is 1. The molecule has 0 N–H and O–H groups in total. The molecule has 0 aliphatic carbocycles. The quantitative estimate of drug-likeness (QED) is 0.798. The first-order valence-electron chi connectivity index (χ1n) is 8.52. The van der Waals surface area contributed by atoms with Crippen LogP contribution in [0.25, 0.3) is 0 Å². The van der Waals surface area contributed by atoms with Gasteiger partial charge in [0, 0.05) is 18.0 Å². The molecule has 5 nitrogen and oxygen atoms in total. The summed E-state index contributed by atoms with van der Waals surface area (Å²) < 4.78 is 10.5. The van der Waals surface area contributed by atoms with E-state index in [1.54, 1.807) is 12.0 Å². The summed E-state index contributed by atoms with van der Waals surface area (Å²) in [6.45, 7) is 2.12. The van der Waals surface area contributed by atoms with Crippen LogP contribution in [0.15, 0.2) is 59.8 Å². The van der Waals surface area contributed by atoms with Gasteiger partial charge in [-0.3, -0.25) is 9.69 Å². The van der Waals surface area contributed by atoms with Crippen molar-refractivity contribution < 1.29 is 19.1 Å². The highest BCUT2D eigenvalue weighted by atomic mass is 16.5. The number of nitrogens with zero attached hydrogens (tertiary/aromatic N) is 1. The minimum atomic E-state index is -0.342. The monoisotopic (exact) mass is 349 g/mol. The molecule has 2 aliphatic heterocycles. The average molecular weight is 349 g/mol. The smallest absolute Gasteiger partial charge is 0.336 e. The van der Waals surface area contributed by atoms with Crippen LogP contribution in [0.5, 0.6) is 5.75 Å². The second-order valence-corrected chi connectivity index (χ2v) is 6.53. The standard InChI is InChI=1S/C21H19NO4/c1-13-3-7-15(8-4-13)22-18-12-26-21(24)20(18)17(11-19(22)23)14-5-9-16(25-2)10-6-14/h3-10,17H,11-12H2,1-2H3/t17-/m0/s1. The molecule has 0 spiro atoms. The van der Waals surface area contributed by atoms with E-state index < -0.39 is 0 Å². The first-order chi connectivity index (χ1) is 12.6. The fourth-order valence-corrected chi connectivity index (χ4v) is 3.57. The van der Waals surface area contributed by atoms with Crippen LogP contribution < -0.4 is 9.64 Å². The first kappa shape index (κ1) is 16.4. The Balaban J connectivity index is 1.78. The van der Waals surface area contributed by atoms with Crippen molar-refractivity contribution in [2.45, 2.75) is 19.3 Å². The Kier molecular flexibility index (Phi) is 3.99. The summed E-state index contributed by atoms with van der Waals surface area (Å²) in [5.41, 5.74) is 4.02. The van der Waals surface area contributed by atoms with Crippen LogP contribution in [0.1, 0.15) is 23.5 Å². The Morgan fingerprint density at radius 3 is 2.38 bits per heavy atom. The molecule has 1 atom stereocenters. The lowest BCUT2D eigenvalue weighted by Gasteiger charge is -2.32. The maximum absolute atomic E-state index is 12.9. The van der Waals surface area contributed by atoms with E-state index in [0.717, 1.165) is 22.6 Å². The maximum atomic E-state index is 12.9. The van der Waals surface area contributed by atoms with Gasteiger partial charge >= 0.3 is 5.97 Å². The van der Waals surface area contributed by atoms with Crippen LogP contribution in [-0.4, -0.2) is 25.6 Å². The summed E-state index contributed by atoms with van der Waals surface area (Å²) in [6, 6.07) is 15.2. The van der Waals surface area contributed by atoms with Gasteiger partial charge in [-0.05, 0) is 36.8 Å². The second-order valence-electron chi connectivity index (χ2n) is 6.53. The molecular formula is C21H19NO4. The van der Waals surface area contributed by atoms with Gasteiger partial charge in [-0.25, -0.2) is 4.79 Å². The lowest BCUT2D eigenvalue weighted by atomic mass is 9.84. The zero-order chi connectivity index (χ0) is 18.3. The van der Waals surface area contributed by atoms with E-state index in [1.165, 1.54) is 0 Å². The molecule has 26 heavy (non-hydrogen) atoms. The van der Waals surface area contributed by atoms with E-state index >= 15 is 0 Å². The van der Waals surface area contributed by atoms with Gasteiger partial charge in [0.2, 0.25) is 5.91 Å². The molecule has 2 aliphatic rings. The van der Waals surface area contributed by atoms with E-state index in [1.807, 2.05) is 55.5 Å². The second kappa shape index (κ2) is 6.33. The minimum Gasteiger partial charge on any atom is -0.497 e. The van der Waals surface area contributed by atoms with Crippen LogP contribution >= 0.6 is 0 Å². The van der Waals surface area contributed by atoms with Crippen LogP contribution in [0.4, 0.5) is 5.69 Å². The topological polar surface area (TPSA) is 55.8 Å². The van der Waals surface area contributed by atoms with Crippen molar-refractivity contribution in [2.24, 2.45) is 0 Å². The number of carbonyl (C=O) groups is 2. The van der Waals surface area contributed by atoms with Crippen molar-refractivity contribution in [1.82, 2.24) is 0 Å². The third-order valence-electron chi connectivity index (χ3n) is 4.93. The number of methoxy groups -OCH3 is 1. The van der Waals surface area contributed by atoms with Crippen molar-refractivity contribution in [3.8, 4) is 5.75 Å². The zero-order valence-corrected chi connectivity index (χ0v) is 14.7. The molecule has 0 fully saturated rings. The van der Waals surface area contributed by atoms with Crippen LogP contribution in [0, 0.1) is 6.92 Å². The molecular weight excluding hydrogens is 330 g/mol. The van der Waals surface area contributed by atoms with Gasteiger partial charge in [0.1, 0.15) is 12.4 Å². The van der Waals surface area contributed by atoms with Crippen LogP contribution in [0.3, 0.4) is 0 Å². The predicted octanol–water partition coefficient (Wildman–Crippen LogP) is 3.34. The van der Waals surface area contributed by atoms with Gasteiger partial charge in [0.25, 0.3) is 0 Å². The Hall–Kier alpha value is -3.08. The van der Waals surface area contributed by atoms with Crippen molar-refractivity contribution in [3.63, 3.8) is 0 Å². The number of anilines is 1. The average Bonchev–Trinajstić information content (AvgIpc) is 3.04. The minimum absolute atomic E-state index is 0.0354. The normalized spacial score (nSPS) is 19.5. The molecule has 5 heteroatoms. The highest BCUT2D eigenvalue weighted by molar-refractivity contribution is 6.06. The molecule has 0 bridgehead atoms. The van der Waals surface area contributed by atoms with E-state index in [0.29, 0.717) is 11.3 Å². The number of rotatable bonds is 3. The Morgan fingerprint density at radius 1 is 1.04 bits per heavy atom. The van der Waals surface area contributed by atoms with Crippen LogP contribution in [-0.2, 0) is 14.3 Å². The van der Waals surface area contributed by atoms with Crippen molar-refractivity contribution in [2.75, 3.05) is 18.6 Å². The number of amides is 1. The summed E-state index contributed by atoms with van der Waals surface area (Å²) in [7, 11) is 1.60. The van der Waals surface area contributed by atoms with Gasteiger partial charge in [0.05, 0.1) is 18.4 Å². The maximum Gasteiger partial charge on any atom is 0.336 e. The van der Waals surface area contributed by atoms with Crippen molar-refractivity contribution >= 4 is 17.6 Å². The summed E-state index contributed by atoms with van der Waals surface area (Å²) in [4.78, 5) is 27.0. The number of hydrogen-bond acceptors (Lipinski definition) is 4. The molecule has 132 valence electrons. The zero-order valence-electron chi connectivity index (χ0n) is 14.7. The summed E-state index contributed by atoms with van der Waals surface area (Å²) in [5.74, 6) is 0.0672. The van der Waals surface area contributed by atoms with E-state index in [4.69, 9.17) is 9.47 Å². The SMILES string of the molecule is COc1ccc([C@@H]2CC(=O)N(c3ccc(C)cc3)C3=C2C(=O)OC3)cc1. The molecule has 2 aromatic rings. The number of hydrogen-bond donors (Lipinski definition) is 0. The fraction of sp³-hybridized carbons (Fsp3) is 0.238. The van der Waals surface area contributed by atoms with Gasteiger partial charge in [-0.1, -0.05) is 29.8 Å². The number of cyclic esters (lactones) is 1. The molecule has 4 rings (SSSR count). The number of esters is 1. The molecule has 1 amide bonds. The number of ether oxygens (including phenoxy) is 2. The Bertz CT molecular complexity index is 897. The largest absolute Gasteiger partial charge is 0.497 e. The molecule has 0 unspecified atom stereocenters. The summed E-state index contributed by atoms with van der Waals surface area (Å²) in [6.07, 6.45) is 0.230. The molecule has 2 heterocycles. The first-order valence-corrected chi connectivity index (χ1v) is 8.52. The molecule has 0 saturated heterocycles. The van der Waals surface area contributed by atoms with Gasteiger partial charge < -0.3 is 9.47 Å². The lowest BCUT2D eigenvalue weighted by molar-refractivity contribution is -0.136. The highest BCUT2D eigenvalue weighted by Crippen LogP contribution is 2.42. The number of benzene rings is 2. The Morgan fingerprint density at radius 2 is 1.73 bits per heavy atom. The van der Waals surface area contributed by atoms with Crippen LogP contribution in [0.2, 0.25) is 0 Å². The summed E-state index contributed by atoms with van der Waals surface area (Å²) in [5, 5.41) is 0. The highest BCUT2D eigenvalue weighted by Gasteiger charge is 2.42. The van der Waals surface area contributed by atoms with Crippen molar-refractivity contribution in [1.29, 1.82) is 0 Å². The fourth-order valence-electron chi connectivity index (χ4n) is 3.57. The van der Waals surface area contributed by atoms with Gasteiger partial charge in [-0.2, -0.15) is 0 Å². The van der Waals surface area contributed by atoms with E-state index in [2.05, 4.69) is 0 Å². The van der Waals surface area contributed by atoms with Gasteiger partial charge in [0.15, 0.2) is 0 Å². The Labute approximate surface area is 151 Å². The molecule has 0 radical (unpaired) electrons. The lowest BCUT2D eigenvalue weighted by Crippen LogP contribution is -2.37.